The predicted molar refractivity (Wildman–Crippen MR) is 83.9 cm³/mol. The largest absolute Gasteiger partial charge is 0.353 e. The van der Waals surface area contributed by atoms with Crippen LogP contribution in [0.1, 0.15) is 56.7 Å². The van der Waals surface area contributed by atoms with E-state index in [2.05, 4.69) is 30.1 Å². The van der Waals surface area contributed by atoms with Crippen molar-refractivity contribution in [2.45, 2.75) is 64.3 Å². The fourth-order valence-corrected chi connectivity index (χ4v) is 3.51. The molecular formula is C18H25NO2. The lowest BCUT2D eigenvalue weighted by atomic mass is 9.79. The summed E-state index contributed by atoms with van der Waals surface area (Å²) in [5.41, 5.74) is 3.50. The number of rotatable bonds is 3. The van der Waals surface area contributed by atoms with Crippen molar-refractivity contribution in [2.24, 2.45) is 0 Å². The molecule has 1 unspecified atom stereocenters. The van der Waals surface area contributed by atoms with Crippen LogP contribution in [0.3, 0.4) is 0 Å². The molecule has 1 spiro atoms. The van der Waals surface area contributed by atoms with Crippen LogP contribution in [0.15, 0.2) is 23.9 Å². The van der Waals surface area contributed by atoms with Gasteiger partial charge in [0.2, 0.25) is 0 Å². The Hall–Kier alpha value is -1.19. The molecule has 1 aliphatic carbocycles. The van der Waals surface area contributed by atoms with E-state index in [-0.39, 0.29) is 11.9 Å². The molecule has 2 fully saturated rings. The Bertz CT molecular complexity index is 500. The van der Waals surface area contributed by atoms with Gasteiger partial charge >= 0.3 is 0 Å². The summed E-state index contributed by atoms with van der Waals surface area (Å²) in [6, 6.07) is 4.20. The minimum absolute atomic E-state index is 0.0789. The van der Waals surface area contributed by atoms with Crippen molar-refractivity contribution in [1.82, 2.24) is 4.98 Å². The molecule has 3 nitrogen and oxygen atoms in total. The highest BCUT2D eigenvalue weighted by Crippen LogP contribution is 2.46. The number of aryl methyl sites for hydroxylation is 1. The number of aromatic nitrogens is 1. The number of nitrogens with zero attached hydrogens (tertiary/aromatic N) is 1. The van der Waals surface area contributed by atoms with Gasteiger partial charge < -0.3 is 9.47 Å². The molecule has 3 rings (SSSR count). The van der Waals surface area contributed by atoms with Gasteiger partial charge in [-0.2, -0.15) is 0 Å². The highest BCUT2D eigenvalue weighted by atomic mass is 16.7. The molecule has 1 atom stereocenters. The van der Waals surface area contributed by atoms with Crippen LogP contribution in [0.25, 0.3) is 6.08 Å². The lowest BCUT2D eigenvalue weighted by Gasteiger charge is -2.34. The van der Waals surface area contributed by atoms with Crippen molar-refractivity contribution in [1.29, 1.82) is 0 Å². The van der Waals surface area contributed by atoms with E-state index in [9.17, 15) is 0 Å². The van der Waals surface area contributed by atoms with Crippen molar-refractivity contribution in [2.75, 3.05) is 6.61 Å². The van der Waals surface area contributed by atoms with Gasteiger partial charge in [-0.25, -0.2) is 0 Å². The summed E-state index contributed by atoms with van der Waals surface area (Å²) in [7, 11) is 0. The molecule has 1 saturated heterocycles. The summed E-state index contributed by atoms with van der Waals surface area (Å²) in [5, 5.41) is 0. The molecule has 21 heavy (non-hydrogen) atoms. The van der Waals surface area contributed by atoms with Gasteiger partial charge in [0, 0.05) is 19.2 Å². The Morgan fingerprint density at radius 3 is 2.81 bits per heavy atom. The smallest absolute Gasteiger partial charge is 0.162 e. The van der Waals surface area contributed by atoms with Crippen molar-refractivity contribution in [3.8, 4) is 0 Å². The van der Waals surface area contributed by atoms with E-state index in [1.54, 1.807) is 0 Å². The number of hydrogen-bond acceptors (Lipinski definition) is 3. The normalized spacial score (nSPS) is 26.6. The van der Waals surface area contributed by atoms with Crippen molar-refractivity contribution < 1.29 is 9.47 Å². The van der Waals surface area contributed by atoms with Gasteiger partial charge in [0.15, 0.2) is 6.29 Å². The highest BCUT2D eigenvalue weighted by molar-refractivity contribution is 5.53. The quantitative estimate of drug-likeness (QED) is 0.832. The molecule has 3 heteroatoms. The number of pyridine rings is 1. The fourth-order valence-electron chi connectivity index (χ4n) is 3.51. The monoisotopic (exact) mass is 287 g/mol. The molecule has 0 aromatic carbocycles. The van der Waals surface area contributed by atoms with Crippen LogP contribution >= 0.6 is 0 Å². The van der Waals surface area contributed by atoms with E-state index in [1.165, 1.54) is 30.4 Å². The van der Waals surface area contributed by atoms with Crippen LogP contribution < -0.4 is 0 Å². The minimum Gasteiger partial charge on any atom is -0.353 e. The van der Waals surface area contributed by atoms with E-state index in [4.69, 9.17) is 9.47 Å². The van der Waals surface area contributed by atoms with Gasteiger partial charge in [0.25, 0.3) is 0 Å². The molecule has 114 valence electrons. The highest BCUT2D eigenvalue weighted by Gasteiger charge is 2.45. The Balaban J connectivity index is 1.87. The summed E-state index contributed by atoms with van der Waals surface area (Å²) in [6.45, 7) is 4.80. The van der Waals surface area contributed by atoms with Gasteiger partial charge in [0.1, 0.15) is 0 Å². The van der Waals surface area contributed by atoms with Crippen molar-refractivity contribution in [3.05, 3.63) is 35.2 Å². The van der Waals surface area contributed by atoms with E-state index < -0.39 is 0 Å². The molecular weight excluding hydrogens is 262 g/mol. The Morgan fingerprint density at radius 2 is 2.14 bits per heavy atom. The topological polar surface area (TPSA) is 31.4 Å². The third kappa shape index (κ3) is 3.19. The third-order valence-electron chi connectivity index (χ3n) is 4.60. The lowest BCUT2D eigenvalue weighted by molar-refractivity contribution is -0.170. The zero-order chi connectivity index (χ0) is 14.7. The molecule has 1 aromatic heterocycles. The van der Waals surface area contributed by atoms with Gasteiger partial charge in [-0.1, -0.05) is 25.3 Å². The van der Waals surface area contributed by atoms with E-state index >= 15 is 0 Å². The van der Waals surface area contributed by atoms with Crippen LogP contribution in [-0.4, -0.2) is 23.5 Å². The van der Waals surface area contributed by atoms with Crippen LogP contribution in [0.4, 0.5) is 0 Å². The molecule has 0 amide bonds. The SMILES string of the molecule is CCOC1C/C(=C\c2ccc(C)cn2)C2(CCCCC2)O1. The zero-order valence-electron chi connectivity index (χ0n) is 13.1. The first-order chi connectivity index (χ1) is 10.2. The molecule has 0 N–H and O–H groups in total. The molecule has 2 heterocycles. The molecule has 1 aromatic rings. The molecule has 1 aliphatic heterocycles. The summed E-state index contributed by atoms with van der Waals surface area (Å²) < 4.78 is 12.1. The average Bonchev–Trinajstić information content (AvgIpc) is 2.80. The molecule has 1 saturated carbocycles. The van der Waals surface area contributed by atoms with E-state index in [1.807, 2.05) is 13.1 Å². The lowest BCUT2D eigenvalue weighted by Crippen LogP contribution is -2.33. The van der Waals surface area contributed by atoms with Crippen LogP contribution in [0.2, 0.25) is 0 Å². The van der Waals surface area contributed by atoms with Crippen LogP contribution in [0.5, 0.6) is 0 Å². The second-order valence-corrected chi connectivity index (χ2v) is 6.19. The van der Waals surface area contributed by atoms with E-state index in [0.29, 0.717) is 6.61 Å². The Morgan fingerprint density at radius 1 is 1.33 bits per heavy atom. The standard InChI is InChI=1S/C18H25NO2/c1-3-20-17-12-15(11-16-8-7-14(2)13-19-16)18(21-17)9-5-4-6-10-18/h7-8,11,13,17H,3-6,9-10,12H2,1-2H3/b15-11+. The maximum absolute atomic E-state index is 6.32. The Kier molecular flexibility index (Phi) is 4.41. The first kappa shape index (κ1) is 14.7. The van der Waals surface area contributed by atoms with Gasteiger partial charge in [-0.3, -0.25) is 4.98 Å². The second-order valence-electron chi connectivity index (χ2n) is 6.19. The van der Waals surface area contributed by atoms with E-state index in [0.717, 1.165) is 25.0 Å². The Labute approximate surface area is 127 Å². The third-order valence-corrected chi connectivity index (χ3v) is 4.60. The average molecular weight is 287 g/mol. The summed E-state index contributed by atoms with van der Waals surface area (Å²) in [6.07, 6.45) is 11.0. The number of ether oxygens (including phenoxy) is 2. The maximum Gasteiger partial charge on any atom is 0.162 e. The van der Waals surface area contributed by atoms with Crippen LogP contribution in [-0.2, 0) is 9.47 Å². The minimum atomic E-state index is -0.0926. The van der Waals surface area contributed by atoms with Crippen molar-refractivity contribution >= 4 is 6.08 Å². The maximum atomic E-state index is 6.32. The first-order valence-corrected chi connectivity index (χ1v) is 8.15. The molecule has 2 aliphatic rings. The predicted octanol–water partition coefficient (Wildman–Crippen LogP) is 4.26. The zero-order valence-corrected chi connectivity index (χ0v) is 13.1. The fraction of sp³-hybridized carbons (Fsp3) is 0.611. The summed E-state index contributed by atoms with van der Waals surface area (Å²) in [5.74, 6) is 0. The van der Waals surface area contributed by atoms with Gasteiger partial charge in [0.05, 0.1) is 11.3 Å². The summed E-state index contributed by atoms with van der Waals surface area (Å²) in [4.78, 5) is 4.52. The van der Waals surface area contributed by atoms with Gasteiger partial charge in [-0.15, -0.1) is 0 Å². The first-order valence-electron chi connectivity index (χ1n) is 8.15. The van der Waals surface area contributed by atoms with Crippen molar-refractivity contribution in [3.63, 3.8) is 0 Å². The summed E-state index contributed by atoms with van der Waals surface area (Å²) >= 11 is 0. The van der Waals surface area contributed by atoms with Crippen LogP contribution in [0, 0.1) is 6.92 Å². The molecule has 0 bridgehead atoms. The molecule has 0 radical (unpaired) electrons. The number of hydrogen-bond donors (Lipinski definition) is 0. The second kappa shape index (κ2) is 6.29. The van der Waals surface area contributed by atoms with Gasteiger partial charge in [-0.05, 0) is 50.0 Å².